The highest BCUT2D eigenvalue weighted by Gasteiger charge is 2.39. The molecule has 1 fully saturated rings. The van der Waals surface area contributed by atoms with Crippen LogP contribution in [0.2, 0.25) is 0 Å². The number of aliphatic hydroxyl groups excluding tert-OH is 1. The molecule has 2 aliphatic heterocycles. The summed E-state index contributed by atoms with van der Waals surface area (Å²) >= 11 is 0. The van der Waals surface area contributed by atoms with Gasteiger partial charge in [-0.3, -0.25) is 28.5 Å². The number of fused-ring (bicyclic) bond motifs is 4. The number of aromatic nitrogens is 2. The molecule has 2 aromatic carbocycles. The molecule has 15 heteroatoms. The highest BCUT2D eigenvalue weighted by molar-refractivity contribution is 5.93. The van der Waals surface area contributed by atoms with E-state index in [0.717, 1.165) is 5.56 Å². The van der Waals surface area contributed by atoms with E-state index in [4.69, 9.17) is 4.74 Å². The zero-order chi connectivity index (χ0) is 38.9. The first-order valence-corrected chi connectivity index (χ1v) is 18.2. The SMILES string of the molecule is Cc1cc(C)n(CC(=O)N2C[C@H]3NC(=O)[C@H](Cc4ccccc4)NC(=O)CN(CCC(C)C)C(=O)[C@H](CO)NC(=O)COc4cccc(c4)[C@@H]3C2)c(=O)n1. The maximum Gasteiger partial charge on any atom is 0.348 e. The standard InChI is InChI=1S/C39H49N7O8/c1-24(2)13-14-44-20-34(48)41-31(16-27-9-6-5-7-10-27)37(51)43-32-19-45(36(50)21-46-26(4)15-25(3)40-39(46)53)18-30(32)28-11-8-12-29(17-28)54-23-35(49)42-33(22-47)38(44)52/h5-12,15,17,24,30-33,47H,13-14,16,18-23H2,1-4H3,(H,41,48)(H,42,49)(H,43,51)/t30-,31-,32+,33-/m0/s1. The average molecular weight is 744 g/mol. The van der Waals surface area contributed by atoms with Crippen LogP contribution in [-0.4, -0.2) is 112 Å². The Morgan fingerprint density at radius 3 is 2.37 bits per heavy atom. The molecule has 5 amide bonds. The van der Waals surface area contributed by atoms with E-state index < -0.39 is 73.1 Å². The van der Waals surface area contributed by atoms with E-state index in [1.54, 1.807) is 43.0 Å². The number of aliphatic hydroxyl groups is 1. The molecular weight excluding hydrogens is 694 g/mol. The lowest BCUT2D eigenvalue weighted by atomic mass is 9.93. The molecule has 0 saturated carbocycles. The second kappa shape index (κ2) is 18.0. The van der Waals surface area contributed by atoms with E-state index in [-0.39, 0.29) is 44.4 Å². The van der Waals surface area contributed by atoms with Gasteiger partial charge >= 0.3 is 5.69 Å². The highest BCUT2D eigenvalue weighted by atomic mass is 16.5. The van der Waals surface area contributed by atoms with Crippen LogP contribution >= 0.6 is 0 Å². The Labute approximate surface area is 314 Å². The molecule has 4 atom stereocenters. The second-order valence-corrected chi connectivity index (χ2v) is 14.3. The van der Waals surface area contributed by atoms with Gasteiger partial charge < -0.3 is 35.6 Å². The Balaban J connectivity index is 1.49. The van der Waals surface area contributed by atoms with E-state index in [9.17, 15) is 33.9 Å². The first-order valence-electron chi connectivity index (χ1n) is 18.2. The first-order chi connectivity index (χ1) is 25.8. The summed E-state index contributed by atoms with van der Waals surface area (Å²) in [6, 6.07) is 14.8. The van der Waals surface area contributed by atoms with E-state index in [1.807, 2.05) is 50.2 Å². The zero-order valence-electron chi connectivity index (χ0n) is 31.1. The van der Waals surface area contributed by atoms with Gasteiger partial charge in [0, 0.05) is 43.4 Å². The molecule has 2 bridgehead atoms. The summed E-state index contributed by atoms with van der Waals surface area (Å²) in [5.41, 5.74) is 2.11. The van der Waals surface area contributed by atoms with Crippen LogP contribution in [0, 0.1) is 19.8 Å². The Kier molecular flexibility index (Phi) is 13.2. The van der Waals surface area contributed by atoms with Gasteiger partial charge in [-0.2, -0.15) is 4.98 Å². The van der Waals surface area contributed by atoms with Crippen LogP contribution in [0.25, 0.3) is 0 Å². The van der Waals surface area contributed by atoms with Crippen LogP contribution in [-0.2, 0) is 36.9 Å². The monoisotopic (exact) mass is 743 g/mol. The summed E-state index contributed by atoms with van der Waals surface area (Å²) < 4.78 is 7.11. The Morgan fingerprint density at radius 1 is 0.926 bits per heavy atom. The fourth-order valence-electron chi connectivity index (χ4n) is 6.76. The molecule has 0 radical (unpaired) electrons. The molecule has 3 aromatic rings. The van der Waals surface area contributed by atoms with Gasteiger partial charge in [0.15, 0.2) is 6.61 Å². The van der Waals surface area contributed by atoms with Gasteiger partial charge in [0.05, 0.1) is 19.2 Å². The highest BCUT2D eigenvalue weighted by Crippen LogP contribution is 2.30. The molecule has 0 spiro atoms. The number of hydrogen-bond donors (Lipinski definition) is 4. The third kappa shape index (κ3) is 10.3. The lowest BCUT2D eigenvalue weighted by Gasteiger charge is -2.29. The molecule has 3 heterocycles. The van der Waals surface area contributed by atoms with E-state index in [1.165, 1.54) is 9.47 Å². The fraction of sp³-hybridized carbons (Fsp3) is 0.462. The molecular formula is C39H49N7O8. The third-order valence-corrected chi connectivity index (χ3v) is 9.67. The molecule has 1 saturated heterocycles. The minimum atomic E-state index is -1.33. The molecule has 54 heavy (non-hydrogen) atoms. The Morgan fingerprint density at radius 2 is 1.67 bits per heavy atom. The molecule has 2 aliphatic rings. The van der Waals surface area contributed by atoms with Crippen LogP contribution in [0.3, 0.4) is 0 Å². The quantitative estimate of drug-likeness (QED) is 0.254. The van der Waals surface area contributed by atoms with Crippen molar-refractivity contribution in [3.63, 3.8) is 0 Å². The Hall–Kier alpha value is -5.57. The number of hydrogen-bond acceptors (Lipinski definition) is 9. The van der Waals surface area contributed by atoms with Gasteiger partial charge in [-0.05, 0) is 55.5 Å². The van der Waals surface area contributed by atoms with Crippen molar-refractivity contribution >= 4 is 29.5 Å². The van der Waals surface area contributed by atoms with E-state index in [2.05, 4.69) is 20.9 Å². The van der Waals surface area contributed by atoms with Crippen LogP contribution in [0.5, 0.6) is 5.75 Å². The number of carbonyl (C=O) groups is 5. The van der Waals surface area contributed by atoms with Crippen molar-refractivity contribution in [1.82, 2.24) is 35.3 Å². The van der Waals surface area contributed by atoms with Crippen LogP contribution < -0.4 is 26.4 Å². The summed E-state index contributed by atoms with van der Waals surface area (Å²) in [5, 5.41) is 18.6. The zero-order valence-corrected chi connectivity index (χ0v) is 31.1. The van der Waals surface area contributed by atoms with Crippen LogP contribution in [0.15, 0.2) is 65.5 Å². The van der Waals surface area contributed by atoms with Gasteiger partial charge in [0.1, 0.15) is 24.4 Å². The second-order valence-electron chi connectivity index (χ2n) is 14.3. The molecule has 5 rings (SSSR count). The summed E-state index contributed by atoms with van der Waals surface area (Å²) in [6.07, 6.45) is 0.686. The molecule has 15 nitrogen and oxygen atoms in total. The predicted octanol–water partition coefficient (Wildman–Crippen LogP) is 0.443. The number of ether oxygens (including phenoxy) is 1. The van der Waals surface area contributed by atoms with Gasteiger partial charge in [0.2, 0.25) is 23.6 Å². The minimum absolute atomic E-state index is 0.113. The van der Waals surface area contributed by atoms with Crippen molar-refractivity contribution in [2.45, 2.75) is 71.1 Å². The van der Waals surface area contributed by atoms with E-state index in [0.29, 0.717) is 29.1 Å². The number of amides is 5. The number of rotatable bonds is 8. The smallest absolute Gasteiger partial charge is 0.348 e. The summed E-state index contributed by atoms with van der Waals surface area (Å²) in [6.45, 7) is 6.04. The van der Waals surface area contributed by atoms with Gasteiger partial charge in [-0.1, -0.05) is 56.3 Å². The van der Waals surface area contributed by atoms with Crippen molar-refractivity contribution in [2.75, 3.05) is 39.4 Å². The van der Waals surface area contributed by atoms with Gasteiger partial charge in [-0.25, -0.2) is 4.79 Å². The predicted molar refractivity (Wildman–Crippen MR) is 198 cm³/mol. The molecule has 1 aromatic heterocycles. The number of aryl methyl sites for hydroxylation is 2. The third-order valence-electron chi connectivity index (χ3n) is 9.67. The lowest BCUT2D eigenvalue weighted by molar-refractivity contribution is -0.141. The van der Waals surface area contributed by atoms with Crippen molar-refractivity contribution in [1.29, 1.82) is 0 Å². The summed E-state index contributed by atoms with van der Waals surface area (Å²) in [4.78, 5) is 87.8. The maximum absolute atomic E-state index is 14.2. The minimum Gasteiger partial charge on any atom is -0.484 e. The number of benzene rings is 2. The van der Waals surface area contributed by atoms with Crippen molar-refractivity contribution in [3.8, 4) is 5.75 Å². The number of carbonyl (C=O) groups excluding carboxylic acids is 5. The first kappa shape index (κ1) is 39.6. The van der Waals surface area contributed by atoms with Crippen molar-refractivity contribution in [2.24, 2.45) is 5.92 Å². The largest absolute Gasteiger partial charge is 0.484 e. The maximum atomic E-state index is 14.2. The van der Waals surface area contributed by atoms with Crippen molar-refractivity contribution < 1.29 is 33.8 Å². The van der Waals surface area contributed by atoms with Gasteiger partial charge in [0.25, 0.3) is 5.91 Å². The van der Waals surface area contributed by atoms with Crippen LogP contribution in [0.1, 0.15) is 48.7 Å². The number of nitrogens with one attached hydrogen (secondary N) is 3. The van der Waals surface area contributed by atoms with Crippen molar-refractivity contribution in [3.05, 3.63) is 93.7 Å². The normalized spacial score (nSPS) is 21.4. The Bertz CT molecular complexity index is 1900. The molecule has 0 unspecified atom stereocenters. The summed E-state index contributed by atoms with van der Waals surface area (Å²) in [5.74, 6) is -2.63. The molecule has 4 N–H and O–H groups in total. The van der Waals surface area contributed by atoms with E-state index >= 15 is 0 Å². The summed E-state index contributed by atoms with van der Waals surface area (Å²) in [7, 11) is 0. The fourth-order valence-corrected chi connectivity index (χ4v) is 6.76. The average Bonchev–Trinajstić information content (AvgIpc) is 3.56. The number of nitrogens with zero attached hydrogens (tertiary/aromatic N) is 4. The van der Waals surface area contributed by atoms with Gasteiger partial charge in [-0.15, -0.1) is 0 Å². The topological polar surface area (TPSA) is 192 Å². The molecule has 0 aliphatic carbocycles. The lowest BCUT2D eigenvalue weighted by Crippen LogP contribution is -2.56. The number of likely N-dealkylation sites (tertiary alicyclic amines) is 1. The van der Waals surface area contributed by atoms with Crippen LogP contribution in [0.4, 0.5) is 0 Å². The molecule has 288 valence electrons.